The molecule has 7 heteroatoms. The van der Waals surface area contributed by atoms with Crippen LogP contribution in [0.1, 0.15) is 17.3 Å². The van der Waals surface area contributed by atoms with Gasteiger partial charge in [0.15, 0.2) is 0 Å². The van der Waals surface area contributed by atoms with Crippen LogP contribution < -0.4 is 10.6 Å². The second-order valence-electron chi connectivity index (χ2n) is 4.14. The summed E-state index contributed by atoms with van der Waals surface area (Å²) in [4.78, 5) is 16.3. The van der Waals surface area contributed by atoms with Crippen LogP contribution in [-0.4, -0.2) is 17.4 Å². The Morgan fingerprint density at radius 1 is 1.43 bits per heavy atom. The van der Waals surface area contributed by atoms with Crippen LogP contribution >= 0.6 is 27.5 Å². The highest BCUT2D eigenvalue weighted by Gasteiger charge is 2.13. The minimum atomic E-state index is -0.523. The molecular weight excluding hydrogens is 361 g/mol. The Hall–Kier alpha value is -1.66. The van der Waals surface area contributed by atoms with Crippen LogP contribution in [0.5, 0.6) is 0 Å². The van der Waals surface area contributed by atoms with Crippen molar-refractivity contribution in [2.24, 2.45) is 0 Å². The van der Waals surface area contributed by atoms with Gasteiger partial charge in [0.1, 0.15) is 16.8 Å². The second kappa shape index (κ2) is 6.87. The number of benzene rings is 1. The summed E-state index contributed by atoms with van der Waals surface area (Å²) in [5.74, 6) is -0.503. The van der Waals surface area contributed by atoms with E-state index in [1.54, 1.807) is 18.2 Å². The molecule has 0 radical (unpaired) electrons. The zero-order valence-corrected chi connectivity index (χ0v) is 13.4. The highest BCUT2D eigenvalue weighted by molar-refractivity contribution is 9.10. The predicted molar refractivity (Wildman–Crippen MR) is 85.5 cm³/mol. The molecule has 21 heavy (non-hydrogen) atoms. The fourth-order valence-corrected chi connectivity index (χ4v) is 2.35. The number of amides is 1. The third kappa shape index (κ3) is 3.92. The molecule has 0 saturated heterocycles. The summed E-state index contributed by atoms with van der Waals surface area (Å²) >= 11 is 9.08. The van der Waals surface area contributed by atoms with Crippen molar-refractivity contribution in [3.05, 3.63) is 51.3 Å². The number of carbonyl (C=O) groups excluding carboxylic acids is 1. The van der Waals surface area contributed by atoms with Gasteiger partial charge in [-0.05, 0) is 47.1 Å². The minimum absolute atomic E-state index is 0.0837. The maximum Gasteiger partial charge on any atom is 0.256 e. The summed E-state index contributed by atoms with van der Waals surface area (Å²) in [5, 5.41) is 5.67. The Bertz CT molecular complexity index is 661. The summed E-state index contributed by atoms with van der Waals surface area (Å²) in [6, 6.07) is 7.43. The lowest BCUT2D eigenvalue weighted by Gasteiger charge is -2.10. The highest BCUT2D eigenvalue weighted by atomic mass is 79.9. The van der Waals surface area contributed by atoms with Crippen LogP contribution in [0.4, 0.5) is 15.9 Å². The molecule has 2 aromatic rings. The molecule has 0 atom stereocenters. The number of carbonyl (C=O) groups is 1. The molecule has 0 aliphatic rings. The lowest BCUT2D eigenvalue weighted by molar-refractivity contribution is 0.102. The number of aromatic nitrogens is 1. The quantitative estimate of drug-likeness (QED) is 0.786. The standard InChI is InChI=1S/C14H12BrClFN3O/c1-2-18-12-7-8(6-11(16)19-12)14(21)20-13-9(15)4-3-5-10(13)17/h3-7H,2H2,1H3,(H,18,19)(H,20,21). The van der Waals surface area contributed by atoms with Gasteiger partial charge in [-0.15, -0.1) is 0 Å². The van der Waals surface area contributed by atoms with E-state index in [2.05, 4.69) is 31.5 Å². The molecule has 0 fully saturated rings. The van der Waals surface area contributed by atoms with Gasteiger partial charge in [0.05, 0.1) is 5.69 Å². The Morgan fingerprint density at radius 2 is 2.19 bits per heavy atom. The summed E-state index contributed by atoms with van der Waals surface area (Å²) < 4.78 is 14.2. The third-order valence-electron chi connectivity index (χ3n) is 2.62. The fraction of sp³-hybridized carbons (Fsp3) is 0.143. The highest BCUT2D eigenvalue weighted by Crippen LogP contribution is 2.26. The summed E-state index contributed by atoms with van der Waals surface area (Å²) in [6.07, 6.45) is 0. The van der Waals surface area contributed by atoms with E-state index in [9.17, 15) is 9.18 Å². The van der Waals surface area contributed by atoms with Gasteiger partial charge in [-0.2, -0.15) is 0 Å². The topological polar surface area (TPSA) is 54.0 Å². The molecule has 1 heterocycles. The number of nitrogens with one attached hydrogen (secondary N) is 2. The zero-order chi connectivity index (χ0) is 15.4. The maximum absolute atomic E-state index is 13.7. The molecule has 0 spiro atoms. The van der Waals surface area contributed by atoms with Gasteiger partial charge in [-0.3, -0.25) is 4.79 Å². The van der Waals surface area contributed by atoms with Gasteiger partial charge < -0.3 is 10.6 Å². The summed E-state index contributed by atoms with van der Waals surface area (Å²) in [7, 11) is 0. The third-order valence-corrected chi connectivity index (χ3v) is 3.47. The number of hydrogen-bond acceptors (Lipinski definition) is 3. The molecule has 0 saturated carbocycles. The van der Waals surface area contributed by atoms with Crippen molar-refractivity contribution in [1.29, 1.82) is 0 Å². The van der Waals surface area contributed by atoms with Crippen LogP contribution in [0.15, 0.2) is 34.8 Å². The van der Waals surface area contributed by atoms with Crippen molar-refractivity contribution in [3.8, 4) is 0 Å². The minimum Gasteiger partial charge on any atom is -0.370 e. The van der Waals surface area contributed by atoms with Crippen LogP contribution in [0.2, 0.25) is 5.15 Å². The lowest BCUT2D eigenvalue weighted by atomic mass is 10.2. The van der Waals surface area contributed by atoms with E-state index in [4.69, 9.17) is 11.6 Å². The van der Waals surface area contributed by atoms with Crippen molar-refractivity contribution in [3.63, 3.8) is 0 Å². The molecule has 0 aliphatic carbocycles. The van der Waals surface area contributed by atoms with Crippen molar-refractivity contribution in [1.82, 2.24) is 4.98 Å². The predicted octanol–water partition coefficient (Wildman–Crippen LogP) is 4.32. The van der Waals surface area contributed by atoms with E-state index >= 15 is 0 Å². The van der Waals surface area contributed by atoms with E-state index in [0.29, 0.717) is 22.4 Å². The molecule has 2 rings (SSSR count). The molecule has 1 aromatic heterocycles. The van der Waals surface area contributed by atoms with Crippen LogP contribution in [0, 0.1) is 5.82 Å². The van der Waals surface area contributed by atoms with E-state index in [1.165, 1.54) is 12.1 Å². The number of halogens is 3. The molecule has 110 valence electrons. The van der Waals surface area contributed by atoms with Crippen molar-refractivity contribution < 1.29 is 9.18 Å². The SMILES string of the molecule is CCNc1cc(C(=O)Nc2c(F)cccc2Br)cc(Cl)n1. The first kappa shape index (κ1) is 15.7. The van der Waals surface area contributed by atoms with Gasteiger partial charge in [0.25, 0.3) is 5.91 Å². The Kier molecular flexibility index (Phi) is 5.14. The van der Waals surface area contributed by atoms with Gasteiger partial charge in [0.2, 0.25) is 0 Å². The molecule has 1 aromatic carbocycles. The van der Waals surface area contributed by atoms with E-state index in [-0.39, 0.29) is 10.8 Å². The smallest absolute Gasteiger partial charge is 0.256 e. The molecule has 1 amide bonds. The average molecular weight is 373 g/mol. The van der Waals surface area contributed by atoms with E-state index < -0.39 is 11.7 Å². The Labute approximate surface area is 134 Å². The number of pyridine rings is 1. The van der Waals surface area contributed by atoms with Gasteiger partial charge in [0, 0.05) is 16.6 Å². The van der Waals surface area contributed by atoms with Gasteiger partial charge >= 0.3 is 0 Å². The largest absolute Gasteiger partial charge is 0.370 e. The first-order valence-corrected chi connectivity index (χ1v) is 7.35. The monoisotopic (exact) mass is 371 g/mol. The maximum atomic E-state index is 13.7. The molecule has 4 nitrogen and oxygen atoms in total. The zero-order valence-electron chi connectivity index (χ0n) is 11.1. The summed E-state index contributed by atoms with van der Waals surface area (Å²) in [6.45, 7) is 2.55. The average Bonchev–Trinajstić information content (AvgIpc) is 2.42. The van der Waals surface area contributed by atoms with E-state index in [0.717, 1.165) is 0 Å². The normalized spacial score (nSPS) is 10.3. The van der Waals surface area contributed by atoms with Crippen LogP contribution in [0.25, 0.3) is 0 Å². The molecular formula is C14H12BrClFN3O. The van der Waals surface area contributed by atoms with Crippen molar-refractivity contribution in [2.75, 3.05) is 17.2 Å². The van der Waals surface area contributed by atoms with Crippen molar-refractivity contribution >= 4 is 44.9 Å². The fourth-order valence-electron chi connectivity index (χ4n) is 1.70. The molecule has 0 unspecified atom stereocenters. The van der Waals surface area contributed by atoms with Crippen molar-refractivity contribution in [2.45, 2.75) is 6.92 Å². The number of nitrogens with zero attached hydrogens (tertiary/aromatic N) is 1. The second-order valence-corrected chi connectivity index (χ2v) is 5.39. The number of rotatable bonds is 4. The molecule has 2 N–H and O–H groups in total. The summed E-state index contributed by atoms with van der Waals surface area (Å²) in [5.41, 5.74) is 0.376. The number of para-hydroxylation sites is 1. The van der Waals surface area contributed by atoms with E-state index in [1.807, 2.05) is 6.92 Å². The molecule has 0 aliphatic heterocycles. The molecule has 0 bridgehead atoms. The van der Waals surface area contributed by atoms with Crippen LogP contribution in [-0.2, 0) is 0 Å². The Morgan fingerprint density at radius 3 is 2.86 bits per heavy atom. The van der Waals surface area contributed by atoms with Gasteiger partial charge in [-0.25, -0.2) is 9.37 Å². The number of hydrogen-bond donors (Lipinski definition) is 2. The first-order chi connectivity index (χ1) is 10.0. The van der Waals surface area contributed by atoms with Gasteiger partial charge in [-0.1, -0.05) is 17.7 Å². The number of anilines is 2. The lowest BCUT2D eigenvalue weighted by Crippen LogP contribution is -2.14. The van der Waals surface area contributed by atoms with Crippen LogP contribution in [0.3, 0.4) is 0 Å². The Balaban J connectivity index is 2.28. The first-order valence-electron chi connectivity index (χ1n) is 6.18.